The van der Waals surface area contributed by atoms with Gasteiger partial charge < -0.3 is 62.9 Å². The van der Waals surface area contributed by atoms with Gasteiger partial charge >= 0.3 is 17.9 Å². The van der Waals surface area contributed by atoms with Crippen molar-refractivity contribution in [3.05, 3.63) is 24.3 Å². The summed E-state index contributed by atoms with van der Waals surface area (Å²) in [5.74, 6) is -2.86. The summed E-state index contributed by atoms with van der Waals surface area (Å²) in [7, 11) is 4.86. The van der Waals surface area contributed by atoms with E-state index in [1.807, 2.05) is 20.8 Å². The Labute approximate surface area is 343 Å². The number of ether oxygens (including phenoxy) is 8. The Bertz CT molecular complexity index is 1390. The van der Waals surface area contributed by atoms with Crippen LogP contribution in [-0.4, -0.2) is 151 Å². The zero-order valence-corrected chi connectivity index (χ0v) is 36.1. The molecule has 16 unspecified atom stereocenters. The topological polar surface area (TPSA) is 206 Å². The van der Waals surface area contributed by atoms with E-state index in [1.54, 1.807) is 71.0 Å². The number of nitrogens with zero attached hydrogens (tertiary/aromatic N) is 1. The van der Waals surface area contributed by atoms with Crippen LogP contribution < -0.4 is 0 Å². The van der Waals surface area contributed by atoms with Gasteiger partial charge in [-0.3, -0.25) is 14.4 Å². The monoisotopic (exact) mass is 827 g/mol. The highest BCUT2D eigenvalue weighted by Crippen LogP contribution is 2.38. The third-order valence-corrected chi connectivity index (χ3v) is 11.0. The van der Waals surface area contributed by atoms with Crippen molar-refractivity contribution in [2.45, 2.75) is 179 Å². The van der Waals surface area contributed by atoms with Gasteiger partial charge in [0.25, 0.3) is 0 Å². The molecule has 2 fully saturated rings. The Morgan fingerprint density at radius 2 is 1.71 bits per heavy atom. The molecule has 0 aliphatic carbocycles. The van der Waals surface area contributed by atoms with Crippen LogP contribution in [0.5, 0.6) is 0 Å². The van der Waals surface area contributed by atoms with E-state index in [0.29, 0.717) is 12.7 Å². The molecule has 58 heavy (non-hydrogen) atoms. The summed E-state index contributed by atoms with van der Waals surface area (Å²) < 4.78 is 48.7. The zero-order chi connectivity index (χ0) is 43.5. The molecule has 0 aromatic heterocycles. The molecule has 16 atom stereocenters. The number of aldehydes is 1. The number of rotatable bonds is 12. The summed E-state index contributed by atoms with van der Waals surface area (Å²) in [6.45, 7) is 13.6. The van der Waals surface area contributed by atoms with Gasteiger partial charge in [0.15, 0.2) is 12.6 Å². The highest BCUT2D eigenvalue weighted by Gasteiger charge is 2.53. The first-order valence-electron chi connectivity index (χ1n) is 20.4. The van der Waals surface area contributed by atoms with Crippen molar-refractivity contribution < 1.29 is 72.4 Å². The molecule has 0 radical (unpaired) electrons. The van der Waals surface area contributed by atoms with Crippen molar-refractivity contribution in [2.75, 3.05) is 21.2 Å². The molecular formula is C42H69NO15. The van der Waals surface area contributed by atoms with Gasteiger partial charge in [-0.05, 0) is 66.0 Å². The zero-order valence-electron chi connectivity index (χ0n) is 36.1. The Balaban J connectivity index is 2.01. The van der Waals surface area contributed by atoms with Gasteiger partial charge in [0, 0.05) is 39.7 Å². The molecule has 0 saturated carbocycles. The summed E-state index contributed by atoms with van der Waals surface area (Å²) in [6, 6.07) is -0.786. The number of esters is 3. The third-order valence-electron chi connectivity index (χ3n) is 11.0. The van der Waals surface area contributed by atoms with Crippen LogP contribution in [0.15, 0.2) is 24.3 Å². The second-order valence-electron chi connectivity index (χ2n) is 16.9. The van der Waals surface area contributed by atoms with Gasteiger partial charge in [-0.15, -0.1) is 0 Å². The molecule has 0 amide bonds. The molecule has 0 bridgehead atoms. The van der Waals surface area contributed by atoms with E-state index in [9.17, 15) is 34.5 Å². The van der Waals surface area contributed by atoms with Crippen LogP contribution in [0, 0.1) is 17.8 Å². The lowest BCUT2D eigenvalue weighted by Crippen LogP contribution is -2.66. The Morgan fingerprint density at radius 1 is 1.02 bits per heavy atom. The van der Waals surface area contributed by atoms with Crippen molar-refractivity contribution in [2.24, 2.45) is 17.8 Å². The normalized spacial score (nSPS) is 40.7. The number of cyclic esters (lactones) is 1. The number of carbonyl (C=O) groups is 4. The molecule has 3 aliphatic heterocycles. The number of aliphatic hydroxyl groups excluding tert-OH is 3. The number of hydrogen-bond donors (Lipinski definition) is 3. The molecule has 3 N–H and O–H groups in total. The maximum absolute atomic E-state index is 13.3. The van der Waals surface area contributed by atoms with Crippen molar-refractivity contribution in [3.63, 3.8) is 0 Å². The minimum atomic E-state index is -1.40. The Morgan fingerprint density at radius 3 is 2.31 bits per heavy atom. The minimum absolute atomic E-state index is 0.000956. The van der Waals surface area contributed by atoms with Crippen LogP contribution in [0.1, 0.15) is 93.9 Å². The fraction of sp³-hybridized carbons (Fsp3) is 0.810. The Kier molecular flexibility index (Phi) is 19.4. The van der Waals surface area contributed by atoms with Crippen LogP contribution in [0.4, 0.5) is 0 Å². The number of methoxy groups -OCH3 is 1. The molecule has 3 aliphatic rings. The first-order chi connectivity index (χ1) is 27.2. The third kappa shape index (κ3) is 13.9. The summed E-state index contributed by atoms with van der Waals surface area (Å²) in [6.07, 6.45) is -4.33. The number of likely N-dealkylation sites (N-methyl/N-ethyl adjacent to an activating group) is 1. The summed E-state index contributed by atoms with van der Waals surface area (Å²) >= 11 is 0. The maximum atomic E-state index is 13.3. The first-order valence-corrected chi connectivity index (χ1v) is 20.4. The number of allylic oxidation sites excluding steroid dienone is 2. The van der Waals surface area contributed by atoms with Crippen LogP contribution in [0.3, 0.4) is 0 Å². The molecule has 16 nitrogen and oxygen atoms in total. The average molecular weight is 828 g/mol. The van der Waals surface area contributed by atoms with E-state index in [4.69, 9.17) is 37.9 Å². The van der Waals surface area contributed by atoms with Gasteiger partial charge in [-0.25, -0.2) is 0 Å². The molecule has 0 aromatic rings. The Hall–Kier alpha value is -2.80. The molecule has 16 heteroatoms. The molecule has 0 aromatic carbocycles. The maximum Gasteiger partial charge on any atom is 0.309 e. The van der Waals surface area contributed by atoms with E-state index < -0.39 is 121 Å². The summed E-state index contributed by atoms with van der Waals surface area (Å²) in [5, 5.41) is 34.2. The van der Waals surface area contributed by atoms with Crippen molar-refractivity contribution in [3.8, 4) is 0 Å². The highest BCUT2D eigenvalue weighted by molar-refractivity contribution is 5.72. The first kappa shape index (κ1) is 49.6. The van der Waals surface area contributed by atoms with E-state index in [-0.39, 0.29) is 31.6 Å². The minimum Gasteiger partial charge on any atom is -0.462 e. The quantitative estimate of drug-likeness (QED) is 0.147. The van der Waals surface area contributed by atoms with Crippen LogP contribution in [0.2, 0.25) is 0 Å². The lowest BCUT2D eigenvalue weighted by atomic mass is 9.82. The van der Waals surface area contributed by atoms with Crippen molar-refractivity contribution in [1.82, 2.24) is 4.90 Å². The summed E-state index contributed by atoms with van der Waals surface area (Å²) in [4.78, 5) is 52.5. The molecule has 3 rings (SSSR count). The lowest BCUT2D eigenvalue weighted by Gasteiger charge is -2.50. The average Bonchev–Trinajstić information content (AvgIpc) is 3.10. The van der Waals surface area contributed by atoms with Gasteiger partial charge in [-0.2, -0.15) is 0 Å². The van der Waals surface area contributed by atoms with E-state index in [0.717, 1.165) is 0 Å². The SMILES string of the molecule is COC1C(OC(C)=O)CC(=O)OC(C)C/C=C\C=C/C(O)C(C)CC(CC=O)C1OC1OC(C)C(OC2CC(C)(OC(=O)CC(C)C)C(O)C(C)O2)C(N(C)C)C1O. The van der Waals surface area contributed by atoms with E-state index in [2.05, 4.69) is 0 Å². The summed E-state index contributed by atoms with van der Waals surface area (Å²) in [5.41, 5.74) is -1.32. The van der Waals surface area contributed by atoms with Crippen LogP contribution in [0.25, 0.3) is 0 Å². The molecule has 2 saturated heterocycles. The predicted octanol–water partition coefficient (Wildman–Crippen LogP) is 3.01. The molecule has 332 valence electrons. The number of aliphatic hydroxyl groups is 3. The van der Waals surface area contributed by atoms with Gasteiger partial charge in [0.2, 0.25) is 0 Å². The van der Waals surface area contributed by atoms with E-state index >= 15 is 0 Å². The second kappa shape index (κ2) is 22.7. The largest absolute Gasteiger partial charge is 0.462 e. The molecule has 3 heterocycles. The van der Waals surface area contributed by atoms with Gasteiger partial charge in [-0.1, -0.05) is 45.1 Å². The molecular weight excluding hydrogens is 758 g/mol. The van der Waals surface area contributed by atoms with Crippen LogP contribution >= 0.6 is 0 Å². The van der Waals surface area contributed by atoms with Gasteiger partial charge in [0.05, 0.1) is 36.9 Å². The standard InChI is InChI=1S/C42H69NO15/c1-23(2)19-33(48)58-42(8)22-34(53-27(6)40(42)50)56-37-26(5)54-41(36(49)35(37)43(9)10)57-38-29(17-18-44)20-24(3)30(46)16-14-12-13-15-25(4)52-32(47)21-31(39(38)51-11)55-28(7)45/h12-14,16,18,23-27,29-31,34-41,46,49-50H,15,17,19-22H2,1-11H3/b13-12-,16-14-. The highest BCUT2D eigenvalue weighted by atomic mass is 16.7. The van der Waals surface area contributed by atoms with Gasteiger partial charge in [0.1, 0.15) is 48.5 Å². The fourth-order valence-corrected chi connectivity index (χ4v) is 8.06. The number of hydrogen-bond acceptors (Lipinski definition) is 16. The van der Waals surface area contributed by atoms with Crippen molar-refractivity contribution in [1.29, 1.82) is 0 Å². The van der Waals surface area contributed by atoms with Crippen molar-refractivity contribution >= 4 is 24.2 Å². The lowest BCUT2D eigenvalue weighted by molar-refractivity contribution is -0.344. The van der Waals surface area contributed by atoms with E-state index in [1.165, 1.54) is 14.0 Å². The smallest absolute Gasteiger partial charge is 0.309 e. The second-order valence-corrected chi connectivity index (χ2v) is 16.9. The fourth-order valence-electron chi connectivity index (χ4n) is 8.06. The number of carbonyl (C=O) groups excluding carboxylic acids is 4. The predicted molar refractivity (Wildman–Crippen MR) is 210 cm³/mol. The van der Waals surface area contributed by atoms with Crippen LogP contribution in [-0.2, 0) is 57.1 Å². The molecule has 0 spiro atoms.